The van der Waals surface area contributed by atoms with Crippen LogP contribution in [0.1, 0.15) is 82.3 Å². The van der Waals surface area contributed by atoms with Gasteiger partial charge in [-0.05, 0) is 66.2 Å². The topological polar surface area (TPSA) is 0 Å². The van der Waals surface area contributed by atoms with Gasteiger partial charge < -0.3 is 17.3 Å². The summed E-state index contributed by atoms with van der Waals surface area (Å²) < 4.78 is 39.0. The second kappa shape index (κ2) is 9.88. The molecule has 2 saturated carbocycles. The minimum absolute atomic E-state index is 0.0534. The van der Waals surface area contributed by atoms with Gasteiger partial charge in [-0.3, -0.25) is 0 Å². The first-order valence-electron chi connectivity index (χ1n) is 12.2. The average Bonchev–Trinajstić information content (AvgIpc) is 3.04. The van der Waals surface area contributed by atoms with Gasteiger partial charge in [0.1, 0.15) is 0 Å². The number of fused-ring (bicyclic) bond motifs is 3. The third-order valence-corrected chi connectivity index (χ3v) is 11.8. The van der Waals surface area contributed by atoms with E-state index < -0.39 is 7.25 Å². The molecule has 0 radical (unpaired) electrons. The molecule has 0 nitrogen and oxygen atoms in total. The summed E-state index contributed by atoms with van der Waals surface area (Å²) in [6.45, 7) is 2.65. The second-order valence-corrected chi connectivity index (χ2v) is 12.8. The van der Waals surface area contributed by atoms with Gasteiger partial charge in [0.15, 0.2) is 0 Å². The molecule has 0 N–H and O–H groups in total. The zero-order valence-electron chi connectivity index (χ0n) is 18.9. The monoisotopic (exact) mass is 463 g/mol. The molecule has 32 heavy (non-hydrogen) atoms. The Hall–Kier alpha value is -1.35. The molecular formula is C26H33BF4P-. The molecule has 0 aromatic heterocycles. The largest absolute Gasteiger partial charge is 0.673 e. The van der Waals surface area contributed by atoms with Crippen LogP contribution in [0, 0.1) is 0 Å². The van der Waals surface area contributed by atoms with Crippen LogP contribution < -0.4 is 0 Å². The van der Waals surface area contributed by atoms with Crippen molar-refractivity contribution in [3.05, 3.63) is 59.7 Å². The fourth-order valence-electron chi connectivity index (χ4n) is 6.46. The maximum atomic E-state index is 9.75. The Balaban J connectivity index is 0.000000444. The van der Waals surface area contributed by atoms with Crippen molar-refractivity contribution in [1.29, 1.82) is 0 Å². The SMILES string of the molecule is CC1(P(C2CCCCC2)C2CCCCC2)c2ccccc2-c2ccccc21.F[B-](F)(F)F. The van der Waals surface area contributed by atoms with E-state index in [4.69, 9.17) is 0 Å². The summed E-state index contributed by atoms with van der Waals surface area (Å²) in [5.41, 5.74) is 8.29. The molecule has 3 aliphatic rings. The summed E-state index contributed by atoms with van der Waals surface area (Å²) in [5.74, 6) is 0. The summed E-state index contributed by atoms with van der Waals surface area (Å²) in [6.07, 6.45) is 14.8. The second-order valence-electron chi connectivity index (χ2n) is 9.65. The number of halogens is 4. The first-order valence-corrected chi connectivity index (χ1v) is 13.6. The van der Waals surface area contributed by atoms with Crippen LogP contribution in [0.5, 0.6) is 0 Å². The third-order valence-electron chi connectivity index (χ3n) is 7.65. The molecule has 0 heterocycles. The van der Waals surface area contributed by atoms with Crippen molar-refractivity contribution in [3.63, 3.8) is 0 Å². The Morgan fingerprint density at radius 2 is 1.00 bits per heavy atom. The van der Waals surface area contributed by atoms with Crippen LogP contribution in [0.4, 0.5) is 17.3 Å². The van der Waals surface area contributed by atoms with Gasteiger partial charge in [-0.25, -0.2) is 0 Å². The van der Waals surface area contributed by atoms with Gasteiger partial charge in [0, 0.05) is 5.16 Å². The average molecular weight is 463 g/mol. The van der Waals surface area contributed by atoms with E-state index in [1.165, 1.54) is 75.3 Å². The van der Waals surface area contributed by atoms with Crippen molar-refractivity contribution < 1.29 is 17.3 Å². The number of hydrogen-bond donors (Lipinski definition) is 0. The lowest BCUT2D eigenvalue weighted by atomic mass is 9.97. The van der Waals surface area contributed by atoms with Crippen molar-refractivity contribution in [2.24, 2.45) is 0 Å². The molecule has 6 heteroatoms. The summed E-state index contributed by atoms with van der Waals surface area (Å²) in [5, 5.41) is 0.256. The Kier molecular flexibility index (Phi) is 7.35. The predicted molar refractivity (Wildman–Crippen MR) is 129 cm³/mol. The molecule has 2 fully saturated rings. The van der Waals surface area contributed by atoms with Gasteiger partial charge in [-0.1, -0.05) is 95.0 Å². The maximum absolute atomic E-state index is 9.75. The molecule has 0 aliphatic heterocycles. The molecule has 0 amide bonds. The molecular weight excluding hydrogens is 430 g/mol. The van der Waals surface area contributed by atoms with Gasteiger partial charge in [0.2, 0.25) is 0 Å². The molecule has 174 valence electrons. The first kappa shape index (κ1) is 23.8. The lowest BCUT2D eigenvalue weighted by molar-refractivity contribution is 0.368. The molecule has 0 atom stereocenters. The van der Waals surface area contributed by atoms with E-state index in [-0.39, 0.29) is 13.1 Å². The fraction of sp³-hybridized carbons (Fsp3) is 0.538. The van der Waals surface area contributed by atoms with Crippen LogP contribution in [0.25, 0.3) is 11.1 Å². The highest BCUT2D eigenvalue weighted by molar-refractivity contribution is 7.60. The van der Waals surface area contributed by atoms with Gasteiger partial charge in [-0.15, -0.1) is 0 Å². The van der Waals surface area contributed by atoms with Crippen LogP contribution in [-0.4, -0.2) is 18.6 Å². The third kappa shape index (κ3) is 4.93. The first-order chi connectivity index (χ1) is 15.3. The molecule has 0 saturated heterocycles. The van der Waals surface area contributed by atoms with Crippen LogP contribution in [0.3, 0.4) is 0 Å². The zero-order valence-corrected chi connectivity index (χ0v) is 19.8. The van der Waals surface area contributed by atoms with E-state index >= 15 is 0 Å². The number of rotatable bonds is 3. The summed E-state index contributed by atoms with van der Waals surface area (Å²) in [4.78, 5) is 0. The number of hydrogen-bond acceptors (Lipinski definition) is 0. The predicted octanol–water partition coefficient (Wildman–Crippen LogP) is 9.38. The maximum Gasteiger partial charge on any atom is 0.673 e. The minimum atomic E-state index is -6.00. The number of benzene rings is 2. The van der Waals surface area contributed by atoms with Gasteiger partial charge >= 0.3 is 7.25 Å². The van der Waals surface area contributed by atoms with Crippen molar-refractivity contribution in [1.82, 2.24) is 0 Å². The van der Waals surface area contributed by atoms with Crippen LogP contribution in [0.2, 0.25) is 0 Å². The zero-order chi connectivity index (χ0) is 22.8. The van der Waals surface area contributed by atoms with Gasteiger partial charge in [0.25, 0.3) is 0 Å². The van der Waals surface area contributed by atoms with Crippen molar-refractivity contribution in [2.75, 3.05) is 0 Å². The fourth-order valence-corrected chi connectivity index (χ4v) is 11.3. The van der Waals surface area contributed by atoms with E-state index in [2.05, 4.69) is 55.5 Å². The van der Waals surface area contributed by atoms with E-state index in [1.54, 1.807) is 11.1 Å². The van der Waals surface area contributed by atoms with E-state index in [0.717, 1.165) is 11.3 Å². The molecule has 0 unspecified atom stereocenters. The Morgan fingerprint density at radius 1 is 0.656 bits per heavy atom. The molecule has 5 rings (SSSR count). The normalized spacial score (nSPS) is 20.9. The smallest absolute Gasteiger partial charge is 0.418 e. The van der Waals surface area contributed by atoms with E-state index in [9.17, 15) is 17.3 Å². The van der Waals surface area contributed by atoms with Crippen molar-refractivity contribution >= 4 is 15.2 Å². The molecule has 0 bridgehead atoms. The summed E-state index contributed by atoms with van der Waals surface area (Å²) in [7, 11) is -6.05. The molecule has 2 aromatic rings. The van der Waals surface area contributed by atoms with Crippen LogP contribution >= 0.6 is 7.92 Å². The van der Waals surface area contributed by atoms with Crippen LogP contribution in [-0.2, 0) is 5.16 Å². The quantitative estimate of drug-likeness (QED) is 0.242. The van der Waals surface area contributed by atoms with Crippen molar-refractivity contribution in [3.8, 4) is 11.1 Å². The van der Waals surface area contributed by atoms with Gasteiger partial charge in [-0.2, -0.15) is 0 Å². The van der Waals surface area contributed by atoms with Crippen LogP contribution in [0.15, 0.2) is 48.5 Å². The lowest BCUT2D eigenvalue weighted by Crippen LogP contribution is -2.32. The Labute approximate surface area is 191 Å². The summed E-state index contributed by atoms with van der Waals surface area (Å²) >= 11 is 0. The molecule has 3 aliphatic carbocycles. The highest BCUT2D eigenvalue weighted by Crippen LogP contribution is 2.73. The summed E-state index contributed by atoms with van der Waals surface area (Å²) in [6, 6.07) is 18.8. The molecule has 0 spiro atoms. The highest BCUT2D eigenvalue weighted by atomic mass is 31.1. The van der Waals surface area contributed by atoms with E-state index in [0.29, 0.717) is 0 Å². The minimum Gasteiger partial charge on any atom is -0.418 e. The van der Waals surface area contributed by atoms with Gasteiger partial charge in [0.05, 0.1) is 0 Å². The molecule has 2 aromatic carbocycles. The standard InChI is InChI=1S/C26H33P.BF4/c1-26(24-18-10-8-16-22(24)23-17-9-11-19-25(23)26)27(20-12-4-2-5-13-20)21-14-6-3-7-15-21;2-1(3,4)5/h8-11,16-21H,2-7,12-15H2,1H3;/q;-1. The van der Waals surface area contributed by atoms with E-state index in [1.807, 2.05) is 0 Å². The lowest BCUT2D eigenvalue weighted by Gasteiger charge is -2.48. The Bertz CT molecular complexity index is 831. The Morgan fingerprint density at radius 3 is 1.38 bits per heavy atom. The van der Waals surface area contributed by atoms with Crippen molar-refractivity contribution in [2.45, 2.75) is 87.6 Å². The highest BCUT2D eigenvalue weighted by Gasteiger charge is 2.50.